The maximum atomic E-state index is 5.99. The van der Waals surface area contributed by atoms with Crippen LogP contribution < -0.4 is 0 Å². The fourth-order valence-electron chi connectivity index (χ4n) is 2.01. The van der Waals surface area contributed by atoms with Gasteiger partial charge in [-0.15, -0.1) is 0 Å². The maximum Gasteiger partial charge on any atom is 0.577 e. The first-order valence-electron chi connectivity index (χ1n) is 8.69. The Morgan fingerprint density at radius 3 is 2.18 bits per heavy atom. The van der Waals surface area contributed by atoms with E-state index in [1.165, 1.54) is 0 Å². The monoisotopic (exact) mass is 333 g/mol. The summed E-state index contributed by atoms with van der Waals surface area (Å²) in [7, 11) is -1.61. The van der Waals surface area contributed by atoms with Crippen molar-refractivity contribution in [3.63, 3.8) is 0 Å². The van der Waals surface area contributed by atoms with E-state index in [0.29, 0.717) is 38.4 Å². The van der Waals surface area contributed by atoms with Crippen molar-refractivity contribution in [2.24, 2.45) is 5.92 Å². The molecule has 1 rings (SSSR count). The van der Waals surface area contributed by atoms with Crippen LogP contribution in [0.1, 0.15) is 53.4 Å². The lowest BCUT2D eigenvalue weighted by atomic mass is 10.0. The van der Waals surface area contributed by atoms with Crippen LogP contribution >= 0.6 is 0 Å². The van der Waals surface area contributed by atoms with Gasteiger partial charge in [-0.25, -0.2) is 0 Å². The van der Waals surface area contributed by atoms with Crippen LogP contribution in [0.25, 0.3) is 0 Å². The molecule has 1 radical (unpaired) electrons. The van der Waals surface area contributed by atoms with Gasteiger partial charge in [-0.2, -0.15) is 0 Å². The Morgan fingerprint density at radius 1 is 1.05 bits per heavy atom. The van der Waals surface area contributed by atoms with Crippen molar-refractivity contribution in [3.8, 4) is 0 Å². The molecule has 0 aromatic rings. The number of rotatable bonds is 15. The fraction of sp³-hybridized carbons (Fsp3) is 1.00. The molecule has 1 fully saturated rings. The molecule has 0 spiro atoms. The molecule has 3 atom stereocenters. The van der Waals surface area contributed by atoms with E-state index in [1.807, 2.05) is 0 Å². The molecule has 1 saturated heterocycles. The Balaban J connectivity index is 2.30. The van der Waals surface area contributed by atoms with Crippen LogP contribution in [0.2, 0.25) is 0 Å². The second-order valence-electron chi connectivity index (χ2n) is 5.85. The molecule has 3 unspecified atom stereocenters. The quantitative estimate of drug-likeness (QED) is 0.340. The van der Waals surface area contributed by atoms with Crippen LogP contribution in [0.15, 0.2) is 0 Å². The van der Waals surface area contributed by atoms with Crippen LogP contribution in [0.5, 0.6) is 0 Å². The first-order valence-corrected chi connectivity index (χ1v) is 9.92. The summed E-state index contributed by atoms with van der Waals surface area (Å²) < 4.78 is 28.5. The fourth-order valence-corrected chi connectivity index (χ4v) is 3.40. The van der Waals surface area contributed by atoms with Gasteiger partial charge < -0.3 is 22.8 Å². The van der Waals surface area contributed by atoms with Gasteiger partial charge in [0.1, 0.15) is 6.10 Å². The highest BCUT2D eigenvalue weighted by Crippen LogP contribution is 2.18. The van der Waals surface area contributed by atoms with E-state index in [4.69, 9.17) is 22.8 Å². The van der Waals surface area contributed by atoms with Gasteiger partial charge in [0.25, 0.3) is 0 Å². The molecule has 0 aromatic carbocycles. The van der Waals surface area contributed by atoms with Crippen molar-refractivity contribution in [1.82, 2.24) is 0 Å². The zero-order valence-electron chi connectivity index (χ0n) is 14.6. The Hall–Kier alpha value is 0.0169. The molecule has 0 aliphatic carbocycles. The highest BCUT2D eigenvalue weighted by Gasteiger charge is 2.27. The second kappa shape index (κ2) is 12.4. The SMILES string of the molecule is CCCO[Si](OCCC)OCC(C)C(CCC)OCC1CO1. The summed E-state index contributed by atoms with van der Waals surface area (Å²) >= 11 is 0. The summed E-state index contributed by atoms with van der Waals surface area (Å²) in [5.74, 6) is 0.328. The lowest BCUT2D eigenvalue weighted by Crippen LogP contribution is -2.34. The average molecular weight is 334 g/mol. The highest BCUT2D eigenvalue weighted by atomic mass is 28.3. The van der Waals surface area contributed by atoms with E-state index in [9.17, 15) is 0 Å². The number of hydrogen-bond acceptors (Lipinski definition) is 5. The third-order valence-electron chi connectivity index (χ3n) is 3.42. The van der Waals surface area contributed by atoms with Gasteiger partial charge in [0, 0.05) is 25.7 Å². The normalized spacial score (nSPS) is 20.3. The van der Waals surface area contributed by atoms with Gasteiger partial charge in [-0.3, -0.25) is 0 Å². The Kier molecular flexibility index (Phi) is 11.3. The summed E-state index contributed by atoms with van der Waals surface area (Å²) in [4.78, 5) is 0. The van der Waals surface area contributed by atoms with E-state index in [0.717, 1.165) is 32.3 Å². The molecule has 0 N–H and O–H groups in total. The van der Waals surface area contributed by atoms with Crippen molar-refractivity contribution >= 4 is 9.53 Å². The Morgan fingerprint density at radius 2 is 1.68 bits per heavy atom. The Bertz CT molecular complexity index is 255. The third kappa shape index (κ3) is 9.22. The second-order valence-corrected chi connectivity index (χ2v) is 7.22. The highest BCUT2D eigenvalue weighted by molar-refractivity contribution is 6.36. The minimum Gasteiger partial charge on any atom is -0.375 e. The largest absolute Gasteiger partial charge is 0.577 e. The van der Waals surface area contributed by atoms with Gasteiger partial charge in [-0.05, 0) is 19.3 Å². The molecule has 0 saturated carbocycles. The molecule has 131 valence electrons. The lowest BCUT2D eigenvalue weighted by Gasteiger charge is -2.25. The van der Waals surface area contributed by atoms with Gasteiger partial charge in [0.15, 0.2) is 0 Å². The van der Waals surface area contributed by atoms with E-state index >= 15 is 0 Å². The van der Waals surface area contributed by atoms with Crippen LogP contribution in [0.3, 0.4) is 0 Å². The van der Waals surface area contributed by atoms with Crippen molar-refractivity contribution in [3.05, 3.63) is 0 Å². The van der Waals surface area contributed by atoms with Gasteiger partial charge in [0.2, 0.25) is 0 Å². The molecule has 1 heterocycles. The average Bonchev–Trinajstić information content (AvgIpc) is 3.34. The third-order valence-corrected chi connectivity index (χ3v) is 4.70. The van der Waals surface area contributed by atoms with Crippen molar-refractivity contribution < 1.29 is 22.8 Å². The van der Waals surface area contributed by atoms with Crippen molar-refractivity contribution in [2.45, 2.75) is 65.6 Å². The van der Waals surface area contributed by atoms with E-state index < -0.39 is 9.53 Å². The van der Waals surface area contributed by atoms with Gasteiger partial charge in [-0.1, -0.05) is 34.1 Å². The number of hydrogen-bond donors (Lipinski definition) is 0. The summed E-state index contributed by atoms with van der Waals surface area (Å²) in [5.41, 5.74) is 0. The predicted octanol–water partition coefficient (Wildman–Crippen LogP) is 3.06. The molecular weight excluding hydrogens is 300 g/mol. The summed E-state index contributed by atoms with van der Waals surface area (Å²) in [6, 6.07) is 0. The molecule has 5 nitrogen and oxygen atoms in total. The molecule has 0 bridgehead atoms. The molecule has 0 amide bonds. The van der Waals surface area contributed by atoms with E-state index in [2.05, 4.69) is 27.7 Å². The Labute approximate surface area is 137 Å². The molecule has 0 aromatic heterocycles. The molecule has 6 heteroatoms. The summed E-state index contributed by atoms with van der Waals surface area (Å²) in [5, 5.41) is 0. The van der Waals surface area contributed by atoms with E-state index in [1.54, 1.807) is 0 Å². The minimum atomic E-state index is -1.61. The maximum absolute atomic E-state index is 5.99. The van der Waals surface area contributed by atoms with Crippen LogP contribution in [0.4, 0.5) is 0 Å². The smallest absolute Gasteiger partial charge is 0.375 e. The summed E-state index contributed by atoms with van der Waals surface area (Å²) in [6.45, 7) is 12.1. The minimum absolute atomic E-state index is 0.217. The van der Waals surface area contributed by atoms with E-state index in [-0.39, 0.29) is 6.10 Å². The topological polar surface area (TPSA) is 49.5 Å². The standard InChI is InChI=1S/C16H33O5Si/c1-5-8-16(18-13-15-12-17-15)14(4)11-21-22(19-9-6-2)20-10-7-3/h14-16H,5-13H2,1-4H3. The zero-order chi connectivity index (χ0) is 16.2. The first kappa shape index (κ1) is 20.1. The van der Waals surface area contributed by atoms with Crippen LogP contribution in [-0.4, -0.2) is 54.8 Å². The van der Waals surface area contributed by atoms with Gasteiger partial charge >= 0.3 is 9.53 Å². The lowest BCUT2D eigenvalue weighted by molar-refractivity contribution is -0.0181. The predicted molar refractivity (Wildman–Crippen MR) is 87.7 cm³/mol. The van der Waals surface area contributed by atoms with Crippen molar-refractivity contribution in [2.75, 3.05) is 33.0 Å². The summed E-state index contributed by atoms with van der Waals surface area (Å²) in [6.07, 6.45) is 4.64. The molecular formula is C16H33O5Si. The van der Waals surface area contributed by atoms with Gasteiger partial charge in [0.05, 0.1) is 19.3 Å². The molecule has 1 aliphatic heterocycles. The van der Waals surface area contributed by atoms with Crippen LogP contribution in [-0.2, 0) is 22.8 Å². The number of ether oxygens (including phenoxy) is 2. The zero-order valence-corrected chi connectivity index (χ0v) is 15.6. The first-order chi connectivity index (χ1) is 10.7. The molecule has 1 aliphatic rings. The van der Waals surface area contributed by atoms with Crippen molar-refractivity contribution in [1.29, 1.82) is 0 Å². The molecule has 22 heavy (non-hydrogen) atoms. The van der Waals surface area contributed by atoms with Crippen LogP contribution in [0, 0.1) is 5.92 Å². The number of epoxide rings is 1.